The topological polar surface area (TPSA) is 66.7 Å². The molecule has 0 saturated carbocycles. The lowest BCUT2D eigenvalue weighted by molar-refractivity contribution is -0.758. The zero-order valence-electron chi connectivity index (χ0n) is 8.23. The zero-order valence-corrected chi connectivity index (χ0v) is 8.23. The molecule has 0 amide bonds. The van der Waals surface area contributed by atoms with Crippen LogP contribution in [0.4, 0.5) is 0 Å². The van der Waals surface area contributed by atoms with Crippen LogP contribution >= 0.6 is 0 Å². The summed E-state index contributed by atoms with van der Waals surface area (Å²) in [4.78, 5) is 15.8. The van der Waals surface area contributed by atoms with E-state index < -0.39 is 5.97 Å². The molecule has 0 radical (unpaired) electrons. The first kappa shape index (κ1) is 9.92. The van der Waals surface area contributed by atoms with E-state index >= 15 is 0 Å². The molecule has 1 aliphatic heterocycles. The van der Waals surface area contributed by atoms with E-state index in [0.717, 1.165) is 6.54 Å². The number of nitrogens with one attached hydrogen (secondary N) is 1. The molecule has 2 heterocycles. The van der Waals surface area contributed by atoms with Crippen molar-refractivity contribution >= 4 is 5.97 Å². The van der Waals surface area contributed by atoms with Crippen molar-refractivity contribution in [3.63, 3.8) is 0 Å². The van der Waals surface area contributed by atoms with E-state index in [4.69, 9.17) is 4.74 Å². The average molecular weight is 208 g/mol. The van der Waals surface area contributed by atoms with Gasteiger partial charge in [0.1, 0.15) is 26.2 Å². The fourth-order valence-corrected chi connectivity index (χ4v) is 1.22. The average Bonchev–Trinajstić information content (AvgIpc) is 3.02. The Morgan fingerprint density at radius 1 is 1.53 bits per heavy atom. The Labute approximate surface area is 87.3 Å². The standard InChI is InChI=1S/C10H12N2O3/c13-10(14)8-1-2-9(11-7-8)15-6-5-12-3-4-12/h1-2,7H,3-6H2,(H,13,14). The number of hydrogen-bond acceptors (Lipinski definition) is 4. The maximum absolute atomic E-state index is 10.4. The number of carboxylic acids is 1. The predicted molar refractivity (Wildman–Crippen MR) is 49.6 cm³/mol. The molecule has 0 unspecified atom stereocenters. The van der Waals surface area contributed by atoms with Crippen molar-refractivity contribution in [2.75, 3.05) is 26.2 Å². The van der Waals surface area contributed by atoms with E-state index in [1.807, 2.05) is 0 Å². The summed E-state index contributed by atoms with van der Waals surface area (Å²) in [5.74, 6) is -0.760. The van der Waals surface area contributed by atoms with E-state index in [1.165, 1.54) is 30.3 Å². The first-order chi connectivity index (χ1) is 7.25. The summed E-state index contributed by atoms with van der Waals surface area (Å²) in [5.41, 5.74) is 0.0684. The molecule has 2 rings (SSSR count). The molecule has 80 valence electrons. The lowest BCUT2D eigenvalue weighted by atomic mass is 10.3. The van der Waals surface area contributed by atoms with Crippen LogP contribution in [0.15, 0.2) is 18.3 Å². The van der Waals surface area contributed by atoms with Crippen LogP contribution in [-0.4, -0.2) is 37.2 Å². The van der Waals surface area contributed by atoms with Gasteiger partial charge >= 0.3 is 0 Å². The number of hydrogen-bond donors (Lipinski definition) is 1. The summed E-state index contributed by atoms with van der Waals surface area (Å²) in [5, 5.41) is 10.4. The van der Waals surface area contributed by atoms with E-state index in [-0.39, 0.29) is 5.56 Å². The second-order valence-electron chi connectivity index (χ2n) is 3.52. The molecule has 1 N–H and O–H groups in total. The van der Waals surface area contributed by atoms with Gasteiger partial charge in [-0.1, -0.05) is 0 Å². The Hall–Kier alpha value is -1.62. The Bertz CT molecular complexity index is 346. The summed E-state index contributed by atoms with van der Waals surface area (Å²) < 4.78 is 5.35. The van der Waals surface area contributed by atoms with Crippen LogP contribution in [0.5, 0.6) is 5.88 Å². The van der Waals surface area contributed by atoms with E-state index in [2.05, 4.69) is 4.98 Å². The predicted octanol–water partition coefficient (Wildman–Crippen LogP) is -2.28. The van der Waals surface area contributed by atoms with Crippen molar-refractivity contribution < 1.29 is 19.5 Å². The Kier molecular flexibility index (Phi) is 2.82. The second-order valence-corrected chi connectivity index (χ2v) is 3.52. The third-order valence-corrected chi connectivity index (χ3v) is 2.28. The highest BCUT2D eigenvalue weighted by atomic mass is 16.5. The highest BCUT2D eigenvalue weighted by Gasteiger charge is 2.21. The van der Waals surface area contributed by atoms with Crippen LogP contribution in [-0.2, 0) is 0 Å². The van der Waals surface area contributed by atoms with Gasteiger partial charge in [0.05, 0.1) is 5.97 Å². The van der Waals surface area contributed by atoms with Gasteiger partial charge in [0.2, 0.25) is 5.88 Å². The number of nitrogens with zero attached hydrogens (tertiary/aromatic N) is 1. The zero-order chi connectivity index (χ0) is 10.7. The first-order valence-corrected chi connectivity index (χ1v) is 4.89. The van der Waals surface area contributed by atoms with Crippen LogP contribution in [0.2, 0.25) is 0 Å². The van der Waals surface area contributed by atoms with Gasteiger partial charge in [-0.3, -0.25) is 0 Å². The fraction of sp³-hybridized carbons (Fsp3) is 0.400. The number of quaternary nitrogens is 1. The largest absolute Gasteiger partial charge is 0.545 e. The van der Waals surface area contributed by atoms with Crippen molar-refractivity contribution in [2.45, 2.75) is 0 Å². The lowest BCUT2D eigenvalue weighted by Crippen LogP contribution is -2.93. The third-order valence-electron chi connectivity index (χ3n) is 2.28. The third kappa shape index (κ3) is 2.92. The highest BCUT2D eigenvalue weighted by Crippen LogP contribution is 2.06. The number of carbonyl (C=O) groups excluding carboxylic acids is 1. The SMILES string of the molecule is O=C([O-])c1ccc(OCC[NH+]2CC2)nc1. The number of carboxylic acid groups (broad SMARTS) is 1. The molecule has 1 aliphatic rings. The number of aromatic carboxylic acids is 1. The van der Waals surface area contributed by atoms with Gasteiger partial charge in [-0.05, 0) is 6.07 Å². The number of carbonyl (C=O) groups is 1. The molecule has 1 saturated heterocycles. The minimum absolute atomic E-state index is 0.0684. The maximum atomic E-state index is 10.4. The highest BCUT2D eigenvalue weighted by molar-refractivity contribution is 5.85. The molecule has 5 nitrogen and oxygen atoms in total. The molecule has 0 bridgehead atoms. The molecule has 0 atom stereocenters. The smallest absolute Gasteiger partial charge is 0.213 e. The van der Waals surface area contributed by atoms with Crippen molar-refractivity contribution in [1.29, 1.82) is 0 Å². The minimum atomic E-state index is -1.22. The van der Waals surface area contributed by atoms with Gasteiger partial charge in [-0.2, -0.15) is 0 Å². The Morgan fingerprint density at radius 2 is 2.33 bits per heavy atom. The molecule has 1 fully saturated rings. The minimum Gasteiger partial charge on any atom is -0.545 e. The summed E-state index contributed by atoms with van der Waals surface area (Å²) >= 11 is 0. The van der Waals surface area contributed by atoms with Gasteiger partial charge < -0.3 is 19.5 Å². The van der Waals surface area contributed by atoms with Crippen LogP contribution < -0.4 is 14.7 Å². The quantitative estimate of drug-likeness (QED) is 0.554. The summed E-state index contributed by atoms with van der Waals surface area (Å²) in [6.45, 7) is 4.04. The number of aromatic nitrogens is 1. The Morgan fingerprint density at radius 3 is 2.87 bits per heavy atom. The summed E-state index contributed by atoms with van der Waals surface area (Å²) in [6.07, 6.45) is 1.24. The lowest BCUT2D eigenvalue weighted by Gasteiger charge is -2.05. The normalized spacial score (nSPS) is 14.9. The van der Waals surface area contributed by atoms with E-state index in [1.54, 1.807) is 6.07 Å². The number of rotatable bonds is 5. The molecule has 0 spiro atoms. The molecule has 5 heteroatoms. The molecule has 0 aromatic carbocycles. The molecular weight excluding hydrogens is 196 g/mol. The van der Waals surface area contributed by atoms with Crippen LogP contribution in [0, 0.1) is 0 Å². The molecule has 1 aromatic rings. The maximum Gasteiger partial charge on any atom is 0.213 e. The van der Waals surface area contributed by atoms with Crippen LogP contribution in [0.3, 0.4) is 0 Å². The number of ether oxygens (including phenoxy) is 1. The number of pyridine rings is 1. The van der Waals surface area contributed by atoms with Crippen LogP contribution in [0.25, 0.3) is 0 Å². The summed E-state index contributed by atoms with van der Waals surface area (Å²) in [6, 6.07) is 2.98. The first-order valence-electron chi connectivity index (χ1n) is 4.89. The van der Waals surface area contributed by atoms with Crippen molar-refractivity contribution in [2.24, 2.45) is 0 Å². The van der Waals surface area contributed by atoms with Crippen molar-refractivity contribution in [1.82, 2.24) is 4.98 Å². The van der Waals surface area contributed by atoms with Gasteiger partial charge in [-0.25, -0.2) is 4.98 Å². The van der Waals surface area contributed by atoms with Crippen molar-refractivity contribution in [3.05, 3.63) is 23.9 Å². The molecule has 1 aromatic heterocycles. The van der Waals surface area contributed by atoms with E-state index in [9.17, 15) is 9.90 Å². The van der Waals surface area contributed by atoms with Gasteiger partial charge in [-0.15, -0.1) is 0 Å². The second kappa shape index (κ2) is 4.27. The molecular formula is C10H12N2O3. The van der Waals surface area contributed by atoms with Crippen LogP contribution in [0.1, 0.15) is 10.4 Å². The van der Waals surface area contributed by atoms with Crippen molar-refractivity contribution in [3.8, 4) is 5.88 Å². The molecule has 0 aliphatic carbocycles. The van der Waals surface area contributed by atoms with Gasteiger partial charge in [0.25, 0.3) is 0 Å². The van der Waals surface area contributed by atoms with E-state index in [0.29, 0.717) is 12.5 Å². The molecule has 15 heavy (non-hydrogen) atoms. The fourth-order valence-electron chi connectivity index (χ4n) is 1.22. The van der Waals surface area contributed by atoms with Gasteiger partial charge in [0.15, 0.2) is 0 Å². The van der Waals surface area contributed by atoms with Gasteiger partial charge in [0, 0.05) is 17.8 Å². The monoisotopic (exact) mass is 208 g/mol. The Balaban J connectivity index is 1.83. The summed E-state index contributed by atoms with van der Waals surface area (Å²) in [7, 11) is 0.